The van der Waals surface area contributed by atoms with Crippen LogP contribution in [0, 0.1) is 6.92 Å². The number of aromatic nitrogens is 2. The number of fused-ring (bicyclic) bond motifs is 1. The van der Waals surface area contributed by atoms with Crippen molar-refractivity contribution in [1.82, 2.24) is 9.38 Å². The molecule has 0 saturated heterocycles. The summed E-state index contributed by atoms with van der Waals surface area (Å²) < 4.78 is 2.43. The van der Waals surface area contributed by atoms with Gasteiger partial charge >= 0.3 is 0 Å². The minimum absolute atomic E-state index is 0.449. The number of amides is 1. The average Bonchev–Trinajstić information content (AvgIpc) is 2.41. The number of hydrogen-bond acceptors (Lipinski definition) is 3. The first kappa shape index (κ1) is 8.71. The molecule has 2 aromatic rings. The Hall–Kier alpha value is -0.880. The fraction of sp³-hybridized carbons (Fsp3) is 0.143. The lowest BCUT2D eigenvalue weighted by Crippen LogP contribution is -2.13. The third kappa shape index (κ3) is 1.26. The van der Waals surface area contributed by atoms with Gasteiger partial charge in [0.05, 0.1) is 5.69 Å². The molecule has 4 nitrogen and oxygen atoms in total. The van der Waals surface area contributed by atoms with Crippen LogP contribution in [0.5, 0.6) is 0 Å². The summed E-state index contributed by atoms with van der Waals surface area (Å²) in [6, 6.07) is 0. The Labute approximate surface area is 86.5 Å². The first-order chi connectivity index (χ1) is 6.09. The number of aryl methyl sites for hydroxylation is 1. The molecule has 0 aromatic carbocycles. The van der Waals surface area contributed by atoms with Gasteiger partial charge in [-0.15, -0.1) is 0 Å². The molecule has 0 radical (unpaired) electrons. The molecule has 0 saturated carbocycles. The number of imidazole rings is 1. The van der Waals surface area contributed by atoms with Gasteiger partial charge in [0.2, 0.25) is 0 Å². The minimum atomic E-state index is -0.449. The van der Waals surface area contributed by atoms with Crippen LogP contribution in [0.1, 0.15) is 16.2 Å². The van der Waals surface area contributed by atoms with Crippen LogP contribution in [0.3, 0.4) is 0 Å². The number of carbonyl (C=O) groups is 1. The van der Waals surface area contributed by atoms with Crippen molar-refractivity contribution in [3.63, 3.8) is 0 Å². The molecule has 13 heavy (non-hydrogen) atoms. The highest BCUT2D eigenvalue weighted by atomic mass is 79.9. The summed E-state index contributed by atoms with van der Waals surface area (Å²) in [5.74, 6) is -0.449. The SMILES string of the molecule is Cc1cn2c(C(N)=O)c(Br)sc2n1. The van der Waals surface area contributed by atoms with Crippen molar-refractivity contribution in [2.24, 2.45) is 5.73 Å². The number of nitrogens with two attached hydrogens (primary N) is 1. The van der Waals surface area contributed by atoms with Crippen molar-refractivity contribution in [2.75, 3.05) is 0 Å². The number of halogens is 1. The molecule has 6 heteroatoms. The van der Waals surface area contributed by atoms with Gasteiger partial charge < -0.3 is 5.73 Å². The predicted molar refractivity (Wildman–Crippen MR) is 54.0 cm³/mol. The van der Waals surface area contributed by atoms with Gasteiger partial charge in [-0.25, -0.2) is 4.98 Å². The molecule has 2 rings (SSSR count). The highest BCUT2D eigenvalue weighted by molar-refractivity contribution is 9.11. The minimum Gasteiger partial charge on any atom is -0.364 e. The van der Waals surface area contributed by atoms with E-state index in [1.807, 2.05) is 6.92 Å². The summed E-state index contributed by atoms with van der Waals surface area (Å²) in [6.07, 6.45) is 1.79. The van der Waals surface area contributed by atoms with Crippen LogP contribution in [0.25, 0.3) is 4.96 Å². The lowest BCUT2D eigenvalue weighted by atomic mass is 10.4. The largest absolute Gasteiger partial charge is 0.364 e. The average molecular weight is 260 g/mol. The van der Waals surface area contributed by atoms with Gasteiger partial charge in [-0.2, -0.15) is 0 Å². The van der Waals surface area contributed by atoms with Crippen molar-refractivity contribution >= 4 is 38.1 Å². The van der Waals surface area contributed by atoms with E-state index in [1.165, 1.54) is 11.3 Å². The number of thiazole rings is 1. The van der Waals surface area contributed by atoms with E-state index in [4.69, 9.17) is 5.73 Å². The van der Waals surface area contributed by atoms with Crippen LogP contribution < -0.4 is 5.73 Å². The van der Waals surface area contributed by atoms with E-state index in [9.17, 15) is 4.79 Å². The Balaban J connectivity index is 2.83. The Morgan fingerprint density at radius 3 is 3.08 bits per heavy atom. The molecule has 2 N–H and O–H groups in total. The molecule has 0 aliphatic heterocycles. The van der Waals surface area contributed by atoms with E-state index in [0.717, 1.165) is 14.4 Å². The summed E-state index contributed by atoms with van der Waals surface area (Å²) in [4.78, 5) is 16.1. The molecular formula is C7H6BrN3OS. The molecule has 68 valence electrons. The van der Waals surface area contributed by atoms with Gasteiger partial charge in [0.15, 0.2) is 4.96 Å². The van der Waals surface area contributed by atoms with E-state index in [-0.39, 0.29) is 0 Å². The van der Waals surface area contributed by atoms with Crippen LogP contribution in [-0.4, -0.2) is 15.3 Å². The third-order valence-corrected chi connectivity index (χ3v) is 3.34. The molecule has 0 bridgehead atoms. The first-order valence-corrected chi connectivity index (χ1v) is 5.14. The van der Waals surface area contributed by atoms with E-state index in [0.29, 0.717) is 5.69 Å². The Morgan fingerprint density at radius 1 is 1.77 bits per heavy atom. The number of primary amides is 1. The van der Waals surface area contributed by atoms with E-state index >= 15 is 0 Å². The summed E-state index contributed by atoms with van der Waals surface area (Å²) in [5.41, 5.74) is 6.56. The molecule has 2 heterocycles. The molecule has 0 atom stereocenters. The quantitative estimate of drug-likeness (QED) is 0.845. The van der Waals surface area contributed by atoms with Gasteiger partial charge in [0.1, 0.15) is 9.48 Å². The molecule has 0 aliphatic rings. The molecule has 1 amide bonds. The zero-order chi connectivity index (χ0) is 9.59. The number of carbonyl (C=O) groups excluding carboxylic acids is 1. The zero-order valence-corrected chi connectivity index (χ0v) is 9.15. The number of hydrogen-bond donors (Lipinski definition) is 1. The third-order valence-electron chi connectivity index (χ3n) is 1.64. The molecule has 0 aliphatic carbocycles. The zero-order valence-electron chi connectivity index (χ0n) is 6.74. The number of nitrogens with zero attached hydrogens (tertiary/aromatic N) is 2. The molecular weight excluding hydrogens is 254 g/mol. The van der Waals surface area contributed by atoms with Gasteiger partial charge in [-0.3, -0.25) is 9.20 Å². The second kappa shape index (κ2) is 2.81. The Bertz CT molecular complexity index is 487. The van der Waals surface area contributed by atoms with Crippen molar-refractivity contribution < 1.29 is 4.79 Å². The maximum absolute atomic E-state index is 11.1. The van der Waals surface area contributed by atoms with Gasteiger partial charge in [-0.1, -0.05) is 11.3 Å². The van der Waals surface area contributed by atoms with Crippen molar-refractivity contribution in [3.05, 3.63) is 21.4 Å². The molecule has 0 spiro atoms. The lowest BCUT2D eigenvalue weighted by Gasteiger charge is -1.91. The van der Waals surface area contributed by atoms with Gasteiger partial charge in [-0.05, 0) is 22.9 Å². The van der Waals surface area contributed by atoms with E-state index in [1.54, 1.807) is 10.6 Å². The molecule has 0 fully saturated rings. The maximum Gasteiger partial charge on any atom is 0.267 e. The molecule has 0 unspecified atom stereocenters. The van der Waals surface area contributed by atoms with Crippen molar-refractivity contribution in [1.29, 1.82) is 0 Å². The second-order valence-corrected chi connectivity index (χ2v) is 4.92. The van der Waals surface area contributed by atoms with Crippen LogP contribution in [-0.2, 0) is 0 Å². The van der Waals surface area contributed by atoms with Crippen LogP contribution in [0.15, 0.2) is 9.98 Å². The first-order valence-electron chi connectivity index (χ1n) is 3.53. The Morgan fingerprint density at radius 2 is 2.46 bits per heavy atom. The van der Waals surface area contributed by atoms with E-state index < -0.39 is 5.91 Å². The van der Waals surface area contributed by atoms with Crippen molar-refractivity contribution in [2.45, 2.75) is 6.92 Å². The predicted octanol–water partition coefficient (Wildman–Crippen LogP) is 1.57. The smallest absolute Gasteiger partial charge is 0.267 e. The topological polar surface area (TPSA) is 60.4 Å². The van der Waals surface area contributed by atoms with Crippen LogP contribution >= 0.6 is 27.3 Å². The summed E-state index contributed by atoms with van der Waals surface area (Å²) >= 11 is 4.67. The Kier molecular flexibility index (Phi) is 1.88. The summed E-state index contributed by atoms with van der Waals surface area (Å²) in [6.45, 7) is 1.87. The van der Waals surface area contributed by atoms with Gasteiger partial charge in [0, 0.05) is 6.20 Å². The normalized spacial score (nSPS) is 10.9. The van der Waals surface area contributed by atoms with Gasteiger partial charge in [0.25, 0.3) is 5.91 Å². The summed E-state index contributed by atoms with van der Waals surface area (Å²) in [7, 11) is 0. The molecule has 2 aromatic heterocycles. The summed E-state index contributed by atoms with van der Waals surface area (Å²) in [5, 5.41) is 0. The highest BCUT2D eigenvalue weighted by Crippen LogP contribution is 2.28. The van der Waals surface area contributed by atoms with Crippen molar-refractivity contribution in [3.8, 4) is 0 Å². The maximum atomic E-state index is 11.1. The standard InChI is InChI=1S/C7H6BrN3OS/c1-3-2-11-4(6(9)12)5(8)13-7(11)10-3/h2H,1H3,(H2,9,12). The fourth-order valence-electron chi connectivity index (χ4n) is 1.15. The second-order valence-electron chi connectivity index (χ2n) is 2.62. The fourth-order valence-corrected chi connectivity index (χ4v) is 2.86. The highest BCUT2D eigenvalue weighted by Gasteiger charge is 2.15. The van der Waals surface area contributed by atoms with Crippen LogP contribution in [0.4, 0.5) is 0 Å². The van der Waals surface area contributed by atoms with E-state index in [2.05, 4.69) is 20.9 Å². The lowest BCUT2D eigenvalue weighted by molar-refractivity contribution is 0.0994. The number of rotatable bonds is 1. The van der Waals surface area contributed by atoms with Crippen LogP contribution in [0.2, 0.25) is 0 Å². The monoisotopic (exact) mass is 259 g/mol.